The number of phenols is 2. The molecular weight excluding hydrogens is 647 g/mol. The van der Waals surface area contributed by atoms with Gasteiger partial charge >= 0.3 is 5.51 Å². The monoisotopic (exact) mass is 675 g/mol. The van der Waals surface area contributed by atoms with Crippen LogP contribution in [0.3, 0.4) is 0 Å². The minimum absolute atomic E-state index is 0.184. The summed E-state index contributed by atoms with van der Waals surface area (Å²) in [7, 11) is -5.82. The lowest BCUT2D eigenvalue weighted by Gasteiger charge is -2.42. The molecule has 0 radical (unpaired) electrons. The molecule has 46 heavy (non-hydrogen) atoms. The van der Waals surface area contributed by atoms with Crippen molar-refractivity contribution < 1.29 is 75.8 Å². The number of benzene rings is 2. The molecule has 0 saturated carbocycles. The van der Waals surface area contributed by atoms with E-state index in [-0.39, 0.29) is 17.5 Å². The van der Waals surface area contributed by atoms with Crippen LogP contribution in [-0.4, -0.2) is 93.0 Å². The summed E-state index contributed by atoms with van der Waals surface area (Å²) in [6, 6.07) is 2.15. The summed E-state index contributed by atoms with van der Waals surface area (Å²) in [4.78, 5) is 40.0. The first-order chi connectivity index (χ1) is 21.3. The largest absolute Gasteiger partial charge is 0.507 e. The first kappa shape index (κ1) is 33.7. The molecule has 0 spiro atoms. The molecule has 1 heterocycles. The van der Waals surface area contributed by atoms with E-state index in [2.05, 4.69) is 0 Å². The van der Waals surface area contributed by atoms with Gasteiger partial charge in [0, 0.05) is 36.0 Å². The van der Waals surface area contributed by atoms with Gasteiger partial charge in [0.1, 0.15) is 22.8 Å². The molecule has 4 unspecified atom stereocenters. The quantitative estimate of drug-likeness (QED) is 0.153. The molecule has 1 fully saturated rings. The van der Waals surface area contributed by atoms with E-state index in [1.807, 2.05) is 5.48 Å². The van der Waals surface area contributed by atoms with Crippen molar-refractivity contribution in [2.24, 2.45) is 0 Å². The SMILES string of the molecule is CC(=O)[C@]1(O)Cc2c(O)c3c(c(O)c2[C@@H](OC2CC(NO)C(O)C(C)O2)C1)C(=O)c1c(OCS(=O)(=O)C(F)(F)F)cccc1C3=O. The molecule has 0 bridgehead atoms. The number of fused-ring (bicyclic) bond motifs is 3. The summed E-state index contributed by atoms with van der Waals surface area (Å²) in [6.45, 7) is 2.52. The number of alkyl halides is 3. The Hall–Kier alpha value is -3.65. The molecule has 250 valence electrons. The standard InChI is InChI=1S/C28H28F3NO13S/c1-10-22(34)14(32-40)6-17(44-10)45-16-8-27(39,11(2)33)7-13-19(16)26(38)21-20(24(13)36)23(35)12-4-3-5-15(18(12)25(21)37)43-9-46(41,42)28(29,30)31/h3-5,10,14,16-17,22,32,34,36,38-40H,6-9H2,1-2H3/t10?,14?,16-,17?,22?,27-/m0/s1. The minimum atomic E-state index is -5.82. The molecule has 1 aliphatic heterocycles. The third-order valence-electron chi connectivity index (χ3n) is 8.42. The fourth-order valence-corrected chi connectivity index (χ4v) is 6.33. The Morgan fingerprint density at radius 2 is 1.78 bits per heavy atom. The highest BCUT2D eigenvalue weighted by Gasteiger charge is 2.50. The van der Waals surface area contributed by atoms with Gasteiger partial charge in [-0.3, -0.25) is 14.4 Å². The van der Waals surface area contributed by atoms with Crippen LogP contribution in [-0.2, 0) is 30.5 Å². The van der Waals surface area contributed by atoms with Gasteiger partial charge in [-0.1, -0.05) is 12.1 Å². The van der Waals surface area contributed by atoms with E-state index < -0.39 is 127 Å². The maximum atomic E-state index is 13.8. The van der Waals surface area contributed by atoms with Gasteiger partial charge in [-0.15, -0.1) is 0 Å². The van der Waals surface area contributed by atoms with E-state index in [1.54, 1.807) is 0 Å². The summed E-state index contributed by atoms with van der Waals surface area (Å²) in [6.07, 6.45) is -6.19. The Labute approximate surface area is 258 Å². The molecule has 6 N–H and O–H groups in total. The van der Waals surface area contributed by atoms with Crippen molar-refractivity contribution in [3.63, 3.8) is 0 Å². The summed E-state index contributed by atoms with van der Waals surface area (Å²) in [5.74, 6) is -7.57. The zero-order valence-electron chi connectivity index (χ0n) is 24.0. The number of carbonyl (C=O) groups is 3. The fraction of sp³-hybridized carbons (Fsp3) is 0.464. The van der Waals surface area contributed by atoms with Crippen LogP contribution >= 0.6 is 0 Å². The third-order valence-corrected chi connectivity index (χ3v) is 9.55. The zero-order chi connectivity index (χ0) is 34.1. The van der Waals surface area contributed by atoms with Gasteiger partial charge in [0.25, 0.3) is 9.84 Å². The van der Waals surface area contributed by atoms with Crippen molar-refractivity contribution in [3.05, 3.63) is 51.6 Å². The predicted octanol–water partition coefficient (Wildman–Crippen LogP) is 1.31. The molecule has 2 aromatic rings. The van der Waals surface area contributed by atoms with Crippen LogP contribution in [0.25, 0.3) is 0 Å². The minimum Gasteiger partial charge on any atom is -0.507 e. The smallest absolute Gasteiger partial charge is 0.500 e. The van der Waals surface area contributed by atoms with Crippen molar-refractivity contribution in [3.8, 4) is 17.2 Å². The lowest BCUT2D eigenvalue weighted by atomic mass is 9.72. The number of aliphatic hydroxyl groups excluding tert-OH is 1. The summed E-state index contributed by atoms with van der Waals surface area (Å²) < 4.78 is 78.4. The number of carbonyl (C=O) groups excluding carboxylic acids is 3. The molecule has 3 aliphatic rings. The van der Waals surface area contributed by atoms with Crippen LogP contribution in [0, 0.1) is 0 Å². The fourth-order valence-electron chi connectivity index (χ4n) is 5.91. The number of rotatable bonds is 7. The topological polar surface area (TPSA) is 226 Å². The number of aromatic hydroxyl groups is 2. The lowest BCUT2D eigenvalue weighted by Crippen LogP contribution is -2.53. The first-order valence-corrected chi connectivity index (χ1v) is 15.3. The van der Waals surface area contributed by atoms with E-state index in [0.29, 0.717) is 0 Å². The number of ketones is 3. The highest BCUT2D eigenvalue weighted by molar-refractivity contribution is 7.92. The van der Waals surface area contributed by atoms with Crippen LogP contribution < -0.4 is 10.2 Å². The van der Waals surface area contributed by atoms with Crippen molar-refractivity contribution in [1.29, 1.82) is 0 Å². The number of ether oxygens (including phenoxy) is 3. The van der Waals surface area contributed by atoms with Crippen molar-refractivity contribution in [2.75, 3.05) is 5.94 Å². The molecular formula is C28H28F3NO13S. The van der Waals surface area contributed by atoms with Crippen LogP contribution in [0.15, 0.2) is 18.2 Å². The molecule has 6 atom stereocenters. The van der Waals surface area contributed by atoms with Crippen LogP contribution in [0.4, 0.5) is 13.2 Å². The van der Waals surface area contributed by atoms with Gasteiger partial charge in [0.2, 0.25) is 5.78 Å². The van der Waals surface area contributed by atoms with Gasteiger partial charge in [-0.25, -0.2) is 8.42 Å². The first-order valence-electron chi connectivity index (χ1n) is 13.7. The lowest BCUT2D eigenvalue weighted by molar-refractivity contribution is -0.255. The number of hydrogen-bond donors (Lipinski definition) is 6. The molecule has 5 rings (SSSR count). The van der Waals surface area contributed by atoms with E-state index >= 15 is 0 Å². The molecule has 1 saturated heterocycles. The number of hydroxylamine groups is 1. The molecule has 18 heteroatoms. The number of Topliss-reactive ketones (excluding diaryl/α,β-unsaturated/α-hetero) is 1. The number of aliphatic hydroxyl groups is 2. The Balaban J connectivity index is 1.63. The second-order valence-corrected chi connectivity index (χ2v) is 13.3. The number of phenolic OH excluding ortho intramolecular Hbond substituents is 2. The second kappa shape index (κ2) is 11.5. The number of nitrogens with one attached hydrogen (secondary N) is 1. The van der Waals surface area contributed by atoms with Gasteiger partial charge in [-0.05, 0) is 19.9 Å². The van der Waals surface area contributed by atoms with Gasteiger partial charge in [0.05, 0.1) is 41.0 Å². The Kier molecular flexibility index (Phi) is 8.46. The maximum absolute atomic E-state index is 13.8. The number of halogens is 3. The molecule has 2 aliphatic carbocycles. The molecule has 0 aromatic heterocycles. The molecule has 0 amide bonds. The Morgan fingerprint density at radius 3 is 2.39 bits per heavy atom. The average Bonchev–Trinajstić information content (AvgIpc) is 2.97. The van der Waals surface area contributed by atoms with Crippen molar-refractivity contribution >= 4 is 27.2 Å². The van der Waals surface area contributed by atoms with E-state index in [4.69, 9.17) is 14.2 Å². The molecule has 2 aromatic carbocycles. The second-order valence-electron chi connectivity index (χ2n) is 11.3. The van der Waals surface area contributed by atoms with E-state index in [9.17, 15) is 61.6 Å². The number of hydrogen-bond acceptors (Lipinski definition) is 14. The average molecular weight is 676 g/mol. The Bertz CT molecular complexity index is 1740. The van der Waals surface area contributed by atoms with Gasteiger partial charge < -0.3 is 39.8 Å². The van der Waals surface area contributed by atoms with Crippen LogP contribution in [0.2, 0.25) is 0 Å². The predicted molar refractivity (Wildman–Crippen MR) is 145 cm³/mol. The van der Waals surface area contributed by atoms with Crippen molar-refractivity contribution in [1.82, 2.24) is 5.48 Å². The number of sulfone groups is 1. The van der Waals surface area contributed by atoms with Crippen LogP contribution in [0.5, 0.6) is 17.2 Å². The summed E-state index contributed by atoms with van der Waals surface area (Å²) >= 11 is 0. The van der Waals surface area contributed by atoms with E-state index in [0.717, 1.165) is 25.1 Å². The van der Waals surface area contributed by atoms with Gasteiger partial charge in [0.15, 0.2) is 23.8 Å². The summed E-state index contributed by atoms with van der Waals surface area (Å²) in [5, 5.41) is 53.8. The normalized spacial score (nSPS) is 27.9. The van der Waals surface area contributed by atoms with E-state index in [1.165, 1.54) is 6.92 Å². The van der Waals surface area contributed by atoms with Gasteiger partial charge in [-0.2, -0.15) is 18.7 Å². The third kappa shape index (κ3) is 5.42. The summed E-state index contributed by atoms with van der Waals surface area (Å²) in [5.41, 5.74) is -9.33. The molecule has 14 nitrogen and oxygen atoms in total. The van der Waals surface area contributed by atoms with Crippen LogP contribution in [0.1, 0.15) is 75.8 Å². The Morgan fingerprint density at radius 1 is 1.13 bits per heavy atom. The highest BCUT2D eigenvalue weighted by atomic mass is 32.2. The van der Waals surface area contributed by atoms with Crippen molar-refractivity contribution in [2.45, 2.75) is 74.9 Å². The highest BCUT2D eigenvalue weighted by Crippen LogP contribution is 2.52. The zero-order valence-corrected chi connectivity index (χ0v) is 24.8. The maximum Gasteiger partial charge on any atom is 0.500 e.